The van der Waals surface area contributed by atoms with Gasteiger partial charge in [0.25, 0.3) is 5.91 Å². The van der Waals surface area contributed by atoms with E-state index in [1.54, 1.807) is 6.07 Å². The number of aromatic nitrogens is 1. The van der Waals surface area contributed by atoms with E-state index in [2.05, 4.69) is 22.0 Å². The summed E-state index contributed by atoms with van der Waals surface area (Å²) in [6.45, 7) is 5.20. The van der Waals surface area contributed by atoms with E-state index in [4.69, 9.17) is 0 Å². The third-order valence-electron chi connectivity index (χ3n) is 4.19. The second-order valence-electron chi connectivity index (χ2n) is 5.94. The molecule has 1 fully saturated rings. The molecule has 1 aromatic carbocycles. The molecule has 0 saturated carbocycles. The van der Waals surface area contributed by atoms with Crippen LogP contribution in [0.2, 0.25) is 0 Å². The van der Waals surface area contributed by atoms with Crippen molar-refractivity contribution in [2.45, 2.75) is 19.5 Å². The van der Waals surface area contributed by atoms with Crippen LogP contribution < -0.4 is 0 Å². The third-order valence-corrected chi connectivity index (χ3v) is 4.19. The van der Waals surface area contributed by atoms with Crippen molar-refractivity contribution >= 4 is 5.91 Å². The molecule has 5 heteroatoms. The zero-order valence-corrected chi connectivity index (χ0v) is 13.2. The number of amides is 1. The summed E-state index contributed by atoms with van der Waals surface area (Å²) in [5.74, 6) is -0.746. The van der Waals surface area contributed by atoms with Crippen LogP contribution >= 0.6 is 0 Å². The quantitative estimate of drug-likeness (QED) is 0.817. The van der Waals surface area contributed by atoms with Gasteiger partial charge in [-0.15, -0.1) is 0 Å². The molecule has 2 heterocycles. The van der Waals surface area contributed by atoms with E-state index in [1.165, 1.54) is 17.8 Å². The Morgan fingerprint density at radius 1 is 1.26 bits per heavy atom. The molecular formula is C18H20FN3O. The number of pyridine rings is 1. The lowest BCUT2D eigenvalue weighted by Crippen LogP contribution is -2.53. The number of carbonyl (C=O) groups excluding carboxylic acids is 1. The molecule has 0 spiro atoms. The Morgan fingerprint density at radius 3 is 2.74 bits per heavy atom. The highest BCUT2D eigenvalue weighted by Gasteiger charge is 2.28. The lowest BCUT2D eigenvalue weighted by Gasteiger charge is -2.40. The lowest BCUT2D eigenvalue weighted by molar-refractivity contribution is 0.0475. The van der Waals surface area contributed by atoms with Crippen LogP contribution in [-0.4, -0.2) is 46.4 Å². The third kappa shape index (κ3) is 3.74. The molecule has 1 atom stereocenters. The summed E-state index contributed by atoms with van der Waals surface area (Å²) in [5.41, 5.74) is 1.64. The van der Waals surface area contributed by atoms with Crippen LogP contribution in [0.3, 0.4) is 0 Å². The second kappa shape index (κ2) is 6.87. The van der Waals surface area contributed by atoms with E-state index in [-0.39, 0.29) is 11.9 Å². The molecule has 1 aromatic heterocycles. The Kier molecular flexibility index (Phi) is 4.67. The summed E-state index contributed by atoms with van der Waals surface area (Å²) < 4.78 is 13.2. The summed E-state index contributed by atoms with van der Waals surface area (Å²) >= 11 is 0. The van der Waals surface area contributed by atoms with E-state index >= 15 is 0 Å². The monoisotopic (exact) mass is 313 g/mol. The highest BCUT2D eigenvalue weighted by atomic mass is 19.1. The second-order valence-corrected chi connectivity index (χ2v) is 5.94. The SMILES string of the molecule is CC1CN(Cc2ccccc2)CCN1C(=O)c1ccnc(F)c1. The molecule has 3 rings (SSSR count). The molecule has 1 unspecified atom stereocenters. The van der Waals surface area contributed by atoms with Crippen molar-refractivity contribution in [1.82, 2.24) is 14.8 Å². The van der Waals surface area contributed by atoms with E-state index in [9.17, 15) is 9.18 Å². The van der Waals surface area contributed by atoms with Gasteiger partial charge in [-0.3, -0.25) is 9.69 Å². The van der Waals surface area contributed by atoms with Gasteiger partial charge in [-0.2, -0.15) is 4.39 Å². The molecule has 4 nitrogen and oxygen atoms in total. The van der Waals surface area contributed by atoms with Crippen molar-refractivity contribution in [1.29, 1.82) is 0 Å². The first-order valence-corrected chi connectivity index (χ1v) is 7.82. The van der Waals surface area contributed by atoms with Gasteiger partial charge < -0.3 is 4.90 Å². The van der Waals surface area contributed by atoms with Crippen molar-refractivity contribution in [2.75, 3.05) is 19.6 Å². The Hall–Kier alpha value is -2.27. The van der Waals surface area contributed by atoms with Crippen LogP contribution in [0.5, 0.6) is 0 Å². The number of benzene rings is 1. The predicted octanol–water partition coefficient (Wildman–Crippen LogP) is 2.57. The highest BCUT2D eigenvalue weighted by Crippen LogP contribution is 2.16. The van der Waals surface area contributed by atoms with Crippen molar-refractivity contribution in [3.63, 3.8) is 0 Å². The van der Waals surface area contributed by atoms with Crippen molar-refractivity contribution in [3.8, 4) is 0 Å². The van der Waals surface area contributed by atoms with Crippen LogP contribution in [0, 0.1) is 5.95 Å². The normalized spacial score (nSPS) is 18.9. The van der Waals surface area contributed by atoms with Gasteiger partial charge in [0.1, 0.15) is 0 Å². The smallest absolute Gasteiger partial charge is 0.254 e. The molecule has 1 saturated heterocycles. The number of nitrogens with zero attached hydrogens (tertiary/aromatic N) is 3. The van der Waals surface area contributed by atoms with Crippen LogP contribution in [0.4, 0.5) is 4.39 Å². The Labute approximate surface area is 135 Å². The Morgan fingerprint density at radius 2 is 2.04 bits per heavy atom. The minimum absolute atomic E-state index is 0.0937. The van der Waals surface area contributed by atoms with Gasteiger partial charge in [0.15, 0.2) is 0 Å². The summed E-state index contributed by atoms with van der Waals surface area (Å²) in [6.07, 6.45) is 1.33. The summed E-state index contributed by atoms with van der Waals surface area (Å²) in [7, 11) is 0. The fourth-order valence-electron chi connectivity index (χ4n) is 3.02. The maximum Gasteiger partial charge on any atom is 0.254 e. The van der Waals surface area contributed by atoms with Crippen LogP contribution in [0.15, 0.2) is 48.7 Å². The zero-order valence-electron chi connectivity index (χ0n) is 13.2. The van der Waals surface area contributed by atoms with Crippen LogP contribution in [-0.2, 0) is 6.54 Å². The van der Waals surface area contributed by atoms with Crippen molar-refractivity contribution < 1.29 is 9.18 Å². The first kappa shape index (κ1) is 15.6. The molecule has 1 amide bonds. The number of carbonyl (C=O) groups is 1. The number of rotatable bonds is 3. The molecule has 1 aliphatic heterocycles. The average Bonchev–Trinajstić information content (AvgIpc) is 2.55. The van der Waals surface area contributed by atoms with Gasteiger partial charge in [0.2, 0.25) is 5.95 Å². The molecule has 120 valence electrons. The summed E-state index contributed by atoms with van der Waals surface area (Å²) in [5, 5.41) is 0. The first-order chi connectivity index (χ1) is 11.1. The lowest BCUT2D eigenvalue weighted by atomic mass is 10.1. The topological polar surface area (TPSA) is 36.4 Å². The number of hydrogen-bond donors (Lipinski definition) is 0. The first-order valence-electron chi connectivity index (χ1n) is 7.82. The van der Waals surface area contributed by atoms with Gasteiger partial charge in [-0.25, -0.2) is 4.98 Å². The molecule has 2 aromatic rings. The average molecular weight is 313 g/mol. The van der Waals surface area contributed by atoms with Crippen molar-refractivity contribution in [3.05, 3.63) is 65.7 Å². The van der Waals surface area contributed by atoms with Gasteiger partial charge in [0.05, 0.1) is 0 Å². The molecule has 0 radical (unpaired) electrons. The summed E-state index contributed by atoms with van der Waals surface area (Å²) in [6, 6.07) is 13.2. The minimum atomic E-state index is -0.619. The molecule has 23 heavy (non-hydrogen) atoms. The van der Waals surface area contributed by atoms with Crippen LogP contribution in [0.25, 0.3) is 0 Å². The Balaban J connectivity index is 1.63. The molecular weight excluding hydrogens is 293 g/mol. The number of piperazine rings is 1. The van der Waals surface area contributed by atoms with Gasteiger partial charge in [-0.1, -0.05) is 30.3 Å². The zero-order chi connectivity index (χ0) is 16.2. The van der Waals surface area contributed by atoms with E-state index in [0.29, 0.717) is 12.1 Å². The van der Waals surface area contributed by atoms with Gasteiger partial charge >= 0.3 is 0 Å². The van der Waals surface area contributed by atoms with Crippen molar-refractivity contribution in [2.24, 2.45) is 0 Å². The molecule has 0 aliphatic carbocycles. The minimum Gasteiger partial charge on any atom is -0.333 e. The summed E-state index contributed by atoms with van der Waals surface area (Å²) in [4.78, 5) is 20.2. The van der Waals surface area contributed by atoms with E-state index in [1.807, 2.05) is 30.0 Å². The standard InChI is InChI=1S/C18H20FN3O/c1-14-12-21(13-15-5-3-2-4-6-15)9-10-22(14)18(23)16-7-8-20-17(19)11-16/h2-8,11,14H,9-10,12-13H2,1H3. The van der Waals surface area contributed by atoms with E-state index in [0.717, 1.165) is 19.6 Å². The van der Waals surface area contributed by atoms with Crippen LogP contribution in [0.1, 0.15) is 22.8 Å². The fraction of sp³-hybridized carbons (Fsp3) is 0.333. The molecule has 1 aliphatic rings. The largest absolute Gasteiger partial charge is 0.333 e. The van der Waals surface area contributed by atoms with E-state index < -0.39 is 5.95 Å². The predicted molar refractivity (Wildman–Crippen MR) is 86.4 cm³/mol. The Bertz CT molecular complexity index is 677. The highest BCUT2D eigenvalue weighted by molar-refractivity contribution is 5.94. The molecule has 0 N–H and O–H groups in total. The van der Waals surface area contributed by atoms with Gasteiger partial charge in [-0.05, 0) is 18.6 Å². The molecule has 0 bridgehead atoms. The maximum atomic E-state index is 13.2. The number of hydrogen-bond acceptors (Lipinski definition) is 3. The number of halogens is 1. The van der Waals surface area contributed by atoms with Gasteiger partial charge in [0, 0.05) is 50.0 Å². The fourth-order valence-corrected chi connectivity index (χ4v) is 3.02. The maximum absolute atomic E-state index is 13.2.